The Morgan fingerprint density at radius 2 is 1.95 bits per heavy atom. The van der Waals surface area contributed by atoms with E-state index in [0.717, 1.165) is 24.6 Å². The normalized spacial score (nSPS) is 15.3. The first kappa shape index (κ1) is 13.5. The number of hydrogen-bond acceptors (Lipinski definition) is 5. The summed E-state index contributed by atoms with van der Waals surface area (Å²) < 4.78 is 1.65. The van der Waals surface area contributed by atoms with Gasteiger partial charge in [-0.2, -0.15) is 5.10 Å². The van der Waals surface area contributed by atoms with Crippen LogP contribution < -0.4 is 4.90 Å². The van der Waals surface area contributed by atoms with Crippen molar-refractivity contribution >= 4 is 11.7 Å². The van der Waals surface area contributed by atoms with Crippen LogP contribution in [-0.2, 0) is 7.05 Å². The molecule has 0 unspecified atom stereocenters. The van der Waals surface area contributed by atoms with Crippen molar-refractivity contribution in [1.82, 2.24) is 24.6 Å². The lowest BCUT2D eigenvalue weighted by atomic mass is 10.2. The molecule has 1 saturated heterocycles. The Morgan fingerprint density at radius 3 is 2.57 bits per heavy atom. The second-order valence-electron chi connectivity index (χ2n) is 5.20. The number of nitrogens with zero attached hydrogens (tertiary/aromatic N) is 6. The third kappa shape index (κ3) is 2.86. The van der Waals surface area contributed by atoms with Gasteiger partial charge in [-0.1, -0.05) is 0 Å². The minimum absolute atomic E-state index is 0.0432. The Morgan fingerprint density at radius 1 is 1.19 bits per heavy atom. The summed E-state index contributed by atoms with van der Waals surface area (Å²) in [4.78, 5) is 24.8. The number of carbonyl (C=O) groups excluding carboxylic acids is 1. The molecule has 1 amide bonds. The van der Waals surface area contributed by atoms with E-state index in [1.54, 1.807) is 23.4 Å². The van der Waals surface area contributed by atoms with Gasteiger partial charge in [0.25, 0.3) is 5.91 Å². The molecule has 1 aliphatic heterocycles. The molecule has 21 heavy (non-hydrogen) atoms. The summed E-state index contributed by atoms with van der Waals surface area (Å²) in [6, 6.07) is 1.97. The van der Waals surface area contributed by atoms with Gasteiger partial charge in [0.15, 0.2) is 0 Å². The quantitative estimate of drug-likeness (QED) is 0.803. The van der Waals surface area contributed by atoms with E-state index in [-0.39, 0.29) is 5.91 Å². The molecule has 7 nitrogen and oxygen atoms in total. The summed E-state index contributed by atoms with van der Waals surface area (Å²) in [7, 11) is 1.81. The number of anilines is 1. The summed E-state index contributed by atoms with van der Waals surface area (Å²) >= 11 is 0. The Labute approximate surface area is 123 Å². The van der Waals surface area contributed by atoms with Crippen molar-refractivity contribution in [1.29, 1.82) is 0 Å². The van der Waals surface area contributed by atoms with Gasteiger partial charge in [-0.25, -0.2) is 9.97 Å². The van der Waals surface area contributed by atoms with Crippen molar-refractivity contribution in [3.63, 3.8) is 0 Å². The lowest BCUT2D eigenvalue weighted by molar-refractivity contribution is 0.0746. The predicted molar refractivity (Wildman–Crippen MR) is 78.1 cm³/mol. The van der Waals surface area contributed by atoms with Crippen LogP contribution >= 0.6 is 0 Å². The van der Waals surface area contributed by atoms with Crippen molar-refractivity contribution < 1.29 is 4.79 Å². The number of piperazine rings is 1. The van der Waals surface area contributed by atoms with E-state index in [0.29, 0.717) is 18.7 Å². The Hall–Kier alpha value is -2.44. The van der Waals surface area contributed by atoms with Gasteiger partial charge in [-0.05, 0) is 6.92 Å². The molecule has 2 aromatic heterocycles. The van der Waals surface area contributed by atoms with E-state index in [1.165, 1.54) is 0 Å². The molecule has 3 heterocycles. The van der Waals surface area contributed by atoms with E-state index in [1.807, 2.05) is 24.9 Å². The second-order valence-corrected chi connectivity index (χ2v) is 5.20. The number of hydrogen-bond donors (Lipinski definition) is 0. The smallest absolute Gasteiger partial charge is 0.257 e. The fraction of sp³-hybridized carbons (Fsp3) is 0.429. The third-order valence-corrected chi connectivity index (χ3v) is 3.63. The molecule has 0 spiro atoms. The highest BCUT2D eigenvalue weighted by molar-refractivity contribution is 5.93. The standard InChI is InChI=1S/C14H18N6O/c1-11-7-13(16-10-15-11)19-3-5-20(6-4-19)14(21)12-8-17-18(2)9-12/h7-10H,3-6H2,1-2H3. The minimum atomic E-state index is 0.0432. The van der Waals surface area contributed by atoms with Crippen LogP contribution in [0.2, 0.25) is 0 Å². The van der Waals surface area contributed by atoms with E-state index in [9.17, 15) is 4.79 Å². The SMILES string of the molecule is Cc1cc(N2CCN(C(=O)c3cnn(C)c3)CC2)ncn1. The maximum atomic E-state index is 12.3. The molecule has 2 aromatic rings. The Balaban J connectivity index is 1.64. The fourth-order valence-corrected chi connectivity index (χ4v) is 2.47. The maximum Gasteiger partial charge on any atom is 0.257 e. The lowest BCUT2D eigenvalue weighted by Crippen LogP contribution is -2.49. The zero-order valence-electron chi connectivity index (χ0n) is 12.2. The molecule has 0 aromatic carbocycles. The molecule has 7 heteroatoms. The van der Waals surface area contributed by atoms with Crippen LogP contribution in [0.15, 0.2) is 24.8 Å². The van der Waals surface area contributed by atoms with Gasteiger partial charge >= 0.3 is 0 Å². The van der Waals surface area contributed by atoms with Crippen molar-refractivity contribution in [3.05, 3.63) is 36.0 Å². The zero-order valence-corrected chi connectivity index (χ0v) is 12.2. The van der Waals surface area contributed by atoms with Crippen LogP contribution in [0.4, 0.5) is 5.82 Å². The first-order valence-electron chi connectivity index (χ1n) is 6.95. The number of rotatable bonds is 2. The van der Waals surface area contributed by atoms with Gasteiger partial charge in [0.05, 0.1) is 11.8 Å². The number of aromatic nitrogens is 4. The van der Waals surface area contributed by atoms with Crippen molar-refractivity contribution in [3.8, 4) is 0 Å². The molecule has 0 aliphatic carbocycles. The molecule has 0 N–H and O–H groups in total. The highest BCUT2D eigenvalue weighted by atomic mass is 16.2. The Kier molecular flexibility index (Phi) is 3.55. The molecule has 3 rings (SSSR count). The van der Waals surface area contributed by atoms with E-state index < -0.39 is 0 Å². The second kappa shape index (κ2) is 5.51. The van der Waals surface area contributed by atoms with E-state index >= 15 is 0 Å². The highest BCUT2D eigenvalue weighted by Crippen LogP contribution is 2.15. The first-order chi connectivity index (χ1) is 10.1. The summed E-state index contributed by atoms with van der Waals surface area (Å²) in [6.45, 7) is 4.89. The van der Waals surface area contributed by atoms with Crippen LogP contribution in [0, 0.1) is 6.92 Å². The molecule has 1 fully saturated rings. The topological polar surface area (TPSA) is 67.2 Å². The number of amides is 1. The number of carbonyl (C=O) groups is 1. The van der Waals surface area contributed by atoms with Crippen LogP contribution in [-0.4, -0.2) is 56.7 Å². The third-order valence-electron chi connectivity index (χ3n) is 3.63. The molecule has 0 bridgehead atoms. The van der Waals surface area contributed by atoms with Crippen LogP contribution in [0.25, 0.3) is 0 Å². The minimum Gasteiger partial charge on any atom is -0.353 e. The summed E-state index contributed by atoms with van der Waals surface area (Å²) in [5, 5.41) is 4.05. The lowest BCUT2D eigenvalue weighted by Gasteiger charge is -2.35. The van der Waals surface area contributed by atoms with Crippen LogP contribution in [0.1, 0.15) is 16.1 Å². The summed E-state index contributed by atoms with van der Waals surface area (Å²) in [5.74, 6) is 0.970. The molecular weight excluding hydrogens is 268 g/mol. The molecule has 110 valence electrons. The van der Waals surface area contributed by atoms with Gasteiger partial charge in [-0.15, -0.1) is 0 Å². The monoisotopic (exact) mass is 286 g/mol. The molecule has 0 saturated carbocycles. The van der Waals surface area contributed by atoms with Crippen molar-refractivity contribution in [2.75, 3.05) is 31.1 Å². The van der Waals surface area contributed by atoms with E-state index in [2.05, 4.69) is 20.0 Å². The summed E-state index contributed by atoms with van der Waals surface area (Å²) in [6.07, 6.45) is 4.95. The summed E-state index contributed by atoms with van der Waals surface area (Å²) in [5.41, 5.74) is 1.60. The fourth-order valence-electron chi connectivity index (χ4n) is 2.47. The van der Waals surface area contributed by atoms with Crippen molar-refractivity contribution in [2.45, 2.75) is 6.92 Å². The molecule has 0 atom stereocenters. The van der Waals surface area contributed by atoms with Gasteiger partial charge in [0.1, 0.15) is 12.1 Å². The predicted octanol–water partition coefficient (Wildman–Crippen LogP) is 0.481. The van der Waals surface area contributed by atoms with Gasteiger partial charge in [0, 0.05) is 51.2 Å². The average molecular weight is 286 g/mol. The molecular formula is C14H18N6O. The zero-order chi connectivity index (χ0) is 14.8. The largest absolute Gasteiger partial charge is 0.353 e. The molecule has 0 radical (unpaired) electrons. The highest BCUT2D eigenvalue weighted by Gasteiger charge is 2.23. The van der Waals surface area contributed by atoms with Gasteiger partial charge in [0.2, 0.25) is 0 Å². The maximum absolute atomic E-state index is 12.3. The van der Waals surface area contributed by atoms with Crippen LogP contribution in [0.5, 0.6) is 0 Å². The van der Waals surface area contributed by atoms with E-state index in [4.69, 9.17) is 0 Å². The Bertz CT molecular complexity index is 644. The number of aryl methyl sites for hydroxylation is 2. The molecule has 1 aliphatic rings. The first-order valence-corrected chi connectivity index (χ1v) is 6.95. The average Bonchev–Trinajstić information content (AvgIpc) is 2.93. The van der Waals surface area contributed by atoms with Crippen molar-refractivity contribution in [2.24, 2.45) is 7.05 Å². The van der Waals surface area contributed by atoms with Gasteiger partial charge in [-0.3, -0.25) is 9.48 Å². The van der Waals surface area contributed by atoms with Crippen LogP contribution in [0.3, 0.4) is 0 Å². The van der Waals surface area contributed by atoms with Gasteiger partial charge < -0.3 is 9.80 Å².